The Balaban J connectivity index is 2.31. The summed E-state index contributed by atoms with van der Waals surface area (Å²) in [4.78, 5) is 4.33. The second-order valence-corrected chi connectivity index (χ2v) is 6.29. The molecule has 0 atom stereocenters. The normalized spacial score (nSPS) is 12.2. The van der Waals surface area contributed by atoms with Crippen molar-refractivity contribution in [2.75, 3.05) is 0 Å². The molecule has 0 spiro atoms. The Morgan fingerprint density at radius 3 is 2.68 bits per heavy atom. The van der Waals surface area contributed by atoms with Crippen molar-refractivity contribution in [3.8, 4) is 0 Å². The van der Waals surface area contributed by atoms with Gasteiger partial charge < -0.3 is 0 Å². The van der Waals surface area contributed by atoms with E-state index in [2.05, 4.69) is 15.2 Å². The molecular formula is C12H16N4O2S. The van der Waals surface area contributed by atoms with E-state index in [0.29, 0.717) is 5.69 Å². The average Bonchev–Trinajstić information content (AvgIpc) is 2.91. The van der Waals surface area contributed by atoms with Crippen LogP contribution in [0, 0.1) is 0 Å². The second kappa shape index (κ2) is 5.50. The van der Waals surface area contributed by atoms with Crippen LogP contribution in [-0.4, -0.2) is 33.9 Å². The van der Waals surface area contributed by atoms with Gasteiger partial charge in [-0.3, -0.25) is 10.1 Å². The maximum absolute atomic E-state index is 12.5. The van der Waals surface area contributed by atoms with Gasteiger partial charge in [0.1, 0.15) is 4.90 Å². The van der Waals surface area contributed by atoms with Gasteiger partial charge in [0.15, 0.2) is 0 Å². The van der Waals surface area contributed by atoms with Crippen molar-refractivity contribution in [3.05, 3.63) is 42.5 Å². The van der Waals surface area contributed by atoms with Gasteiger partial charge >= 0.3 is 0 Å². The minimum atomic E-state index is -3.56. The molecule has 2 aromatic heterocycles. The summed E-state index contributed by atoms with van der Waals surface area (Å²) in [5.41, 5.74) is 0.711. The van der Waals surface area contributed by atoms with E-state index < -0.39 is 10.0 Å². The lowest BCUT2D eigenvalue weighted by Gasteiger charge is -2.24. The number of aromatic amines is 1. The molecule has 0 saturated heterocycles. The van der Waals surface area contributed by atoms with E-state index in [4.69, 9.17) is 0 Å². The highest BCUT2D eigenvalue weighted by Crippen LogP contribution is 2.19. The Bertz CT molecular complexity index is 608. The monoisotopic (exact) mass is 280 g/mol. The third-order valence-corrected chi connectivity index (χ3v) is 4.69. The Labute approximate surface area is 112 Å². The van der Waals surface area contributed by atoms with Crippen LogP contribution in [0.1, 0.15) is 19.5 Å². The van der Waals surface area contributed by atoms with Crippen molar-refractivity contribution in [2.24, 2.45) is 0 Å². The Morgan fingerprint density at radius 2 is 2.16 bits per heavy atom. The first-order chi connectivity index (χ1) is 9.01. The van der Waals surface area contributed by atoms with E-state index >= 15 is 0 Å². The van der Waals surface area contributed by atoms with Gasteiger partial charge in [-0.1, -0.05) is 6.07 Å². The molecule has 6 nitrogen and oxygen atoms in total. The maximum Gasteiger partial charge on any atom is 0.246 e. The maximum atomic E-state index is 12.5. The van der Waals surface area contributed by atoms with E-state index in [1.807, 2.05) is 19.9 Å². The van der Waals surface area contributed by atoms with Crippen LogP contribution in [0.5, 0.6) is 0 Å². The SMILES string of the molecule is CC(C)N(Cc1ccccn1)S(=O)(=O)c1cn[nH]c1. The van der Waals surface area contributed by atoms with Crippen LogP contribution < -0.4 is 0 Å². The Morgan fingerprint density at radius 1 is 1.37 bits per heavy atom. The predicted octanol–water partition coefficient (Wildman–Crippen LogP) is 1.40. The molecule has 0 aromatic carbocycles. The summed E-state index contributed by atoms with van der Waals surface area (Å²) < 4.78 is 26.4. The molecule has 1 N–H and O–H groups in total. The zero-order chi connectivity index (χ0) is 13.9. The highest BCUT2D eigenvalue weighted by atomic mass is 32.2. The lowest BCUT2D eigenvalue weighted by molar-refractivity contribution is 0.344. The molecule has 102 valence electrons. The predicted molar refractivity (Wildman–Crippen MR) is 70.7 cm³/mol. The number of nitrogens with one attached hydrogen (secondary N) is 1. The molecular weight excluding hydrogens is 264 g/mol. The molecule has 0 aliphatic carbocycles. The molecule has 0 aliphatic heterocycles. The number of pyridine rings is 1. The molecule has 2 heterocycles. The van der Waals surface area contributed by atoms with E-state index in [1.165, 1.54) is 16.7 Å². The third-order valence-electron chi connectivity index (χ3n) is 2.70. The van der Waals surface area contributed by atoms with Gasteiger partial charge in [-0.05, 0) is 26.0 Å². The van der Waals surface area contributed by atoms with Crippen molar-refractivity contribution < 1.29 is 8.42 Å². The molecule has 7 heteroatoms. The topological polar surface area (TPSA) is 79.0 Å². The van der Waals surface area contributed by atoms with Crippen molar-refractivity contribution in [3.63, 3.8) is 0 Å². The quantitative estimate of drug-likeness (QED) is 0.898. The average molecular weight is 280 g/mol. The number of hydrogen-bond donors (Lipinski definition) is 1. The summed E-state index contributed by atoms with van der Waals surface area (Å²) in [7, 11) is -3.56. The fourth-order valence-electron chi connectivity index (χ4n) is 1.71. The summed E-state index contributed by atoms with van der Waals surface area (Å²) in [6.45, 7) is 3.91. The van der Waals surface area contributed by atoms with Crippen LogP contribution in [0.25, 0.3) is 0 Å². The van der Waals surface area contributed by atoms with E-state index in [-0.39, 0.29) is 17.5 Å². The van der Waals surface area contributed by atoms with Crippen LogP contribution in [0.3, 0.4) is 0 Å². The highest BCUT2D eigenvalue weighted by molar-refractivity contribution is 7.89. The molecule has 0 unspecified atom stereocenters. The first-order valence-corrected chi connectivity index (χ1v) is 7.36. The Hall–Kier alpha value is -1.73. The van der Waals surface area contributed by atoms with Crippen molar-refractivity contribution in [1.29, 1.82) is 0 Å². The fourth-order valence-corrected chi connectivity index (χ4v) is 3.23. The number of H-pyrrole nitrogens is 1. The van der Waals surface area contributed by atoms with Gasteiger partial charge in [0.25, 0.3) is 0 Å². The summed E-state index contributed by atoms with van der Waals surface area (Å²) in [5, 5.41) is 6.21. The van der Waals surface area contributed by atoms with Gasteiger partial charge in [-0.15, -0.1) is 0 Å². The lowest BCUT2D eigenvalue weighted by atomic mass is 10.3. The van der Waals surface area contributed by atoms with E-state index in [0.717, 1.165) is 0 Å². The summed E-state index contributed by atoms with van der Waals surface area (Å²) >= 11 is 0. The third kappa shape index (κ3) is 2.99. The molecule has 2 rings (SSSR count). The van der Waals surface area contributed by atoms with E-state index in [1.54, 1.807) is 18.3 Å². The summed E-state index contributed by atoms with van der Waals surface area (Å²) in [6, 6.07) is 5.28. The van der Waals surface area contributed by atoms with Gasteiger partial charge in [0, 0.05) is 18.4 Å². The summed E-state index contributed by atoms with van der Waals surface area (Å²) in [5.74, 6) is 0. The first-order valence-electron chi connectivity index (χ1n) is 5.92. The first kappa shape index (κ1) is 13.7. The fraction of sp³-hybridized carbons (Fsp3) is 0.333. The minimum Gasteiger partial charge on any atom is -0.284 e. The number of nitrogens with zero attached hydrogens (tertiary/aromatic N) is 3. The van der Waals surface area contributed by atoms with Gasteiger partial charge in [-0.2, -0.15) is 9.40 Å². The molecule has 19 heavy (non-hydrogen) atoms. The zero-order valence-corrected chi connectivity index (χ0v) is 11.6. The molecule has 0 fully saturated rings. The smallest absolute Gasteiger partial charge is 0.246 e. The van der Waals surface area contributed by atoms with Gasteiger partial charge in [0.2, 0.25) is 10.0 Å². The van der Waals surface area contributed by atoms with E-state index in [9.17, 15) is 8.42 Å². The van der Waals surface area contributed by atoms with Gasteiger partial charge in [0.05, 0.1) is 18.4 Å². The number of hydrogen-bond acceptors (Lipinski definition) is 4. The largest absolute Gasteiger partial charge is 0.284 e. The highest BCUT2D eigenvalue weighted by Gasteiger charge is 2.28. The van der Waals surface area contributed by atoms with Gasteiger partial charge in [-0.25, -0.2) is 8.42 Å². The van der Waals surface area contributed by atoms with Crippen LogP contribution in [0.2, 0.25) is 0 Å². The molecule has 2 aromatic rings. The van der Waals surface area contributed by atoms with Crippen LogP contribution >= 0.6 is 0 Å². The minimum absolute atomic E-state index is 0.164. The number of aromatic nitrogens is 3. The van der Waals surface area contributed by atoms with Crippen molar-refractivity contribution >= 4 is 10.0 Å². The summed E-state index contributed by atoms with van der Waals surface area (Å²) in [6.07, 6.45) is 4.34. The molecule has 0 aliphatic rings. The molecule has 0 amide bonds. The number of sulfonamides is 1. The standard InChI is InChI=1S/C12H16N4O2S/c1-10(2)16(9-11-5-3-4-6-13-11)19(17,18)12-7-14-15-8-12/h3-8,10H,9H2,1-2H3,(H,14,15). The van der Waals surface area contributed by atoms with Crippen molar-refractivity contribution in [2.45, 2.75) is 31.3 Å². The molecule has 0 radical (unpaired) electrons. The van der Waals surface area contributed by atoms with Crippen LogP contribution in [0.4, 0.5) is 0 Å². The van der Waals surface area contributed by atoms with Crippen LogP contribution in [-0.2, 0) is 16.6 Å². The molecule has 0 bridgehead atoms. The Kier molecular flexibility index (Phi) is 3.96. The van der Waals surface area contributed by atoms with Crippen LogP contribution in [0.15, 0.2) is 41.7 Å². The zero-order valence-electron chi connectivity index (χ0n) is 10.8. The second-order valence-electron chi connectivity index (χ2n) is 4.40. The lowest BCUT2D eigenvalue weighted by Crippen LogP contribution is -2.36. The molecule has 0 saturated carbocycles. The number of rotatable bonds is 5. The van der Waals surface area contributed by atoms with Crippen molar-refractivity contribution in [1.82, 2.24) is 19.5 Å².